The van der Waals surface area contributed by atoms with Crippen molar-refractivity contribution in [3.63, 3.8) is 0 Å². The fourth-order valence-electron chi connectivity index (χ4n) is 3.90. The minimum absolute atomic E-state index is 0. The number of carbonyl (C=O) groups excluding carboxylic acids is 1. The van der Waals surface area contributed by atoms with Gasteiger partial charge in [0.25, 0.3) is 0 Å². The first-order valence-corrected chi connectivity index (χ1v) is 9.58. The van der Waals surface area contributed by atoms with Gasteiger partial charge in [-0.2, -0.15) is 0 Å². The molecule has 4 nitrogen and oxygen atoms in total. The van der Waals surface area contributed by atoms with E-state index in [-0.39, 0.29) is 24.4 Å². The van der Waals surface area contributed by atoms with Gasteiger partial charge in [0.15, 0.2) is 0 Å². The maximum Gasteiger partial charge on any atom is 0.227 e. The molecule has 0 aromatic heterocycles. The smallest absolute Gasteiger partial charge is 0.227 e. The molecule has 1 N–H and O–H groups in total. The first-order valence-electron chi connectivity index (χ1n) is 9.58. The molecular weight excluding hydrogens is 360 g/mol. The van der Waals surface area contributed by atoms with Crippen LogP contribution in [0.3, 0.4) is 0 Å². The van der Waals surface area contributed by atoms with Gasteiger partial charge in [-0.15, -0.1) is 12.4 Å². The van der Waals surface area contributed by atoms with Crippen molar-refractivity contribution in [3.8, 4) is 5.75 Å². The number of rotatable bonds is 4. The van der Waals surface area contributed by atoms with Crippen LogP contribution in [0.15, 0.2) is 42.5 Å². The molecule has 1 unspecified atom stereocenters. The molecule has 2 aliphatic heterocycles. The van der Waals surface area contributed by atoms with Crippen LogP contribution in [0.25, 0.3) is 0 Å². The molecule has 0 aliphatic carbocycles. The van der Waals surface area contributed by atoms with Gasteiger partial charge in [-0.05, 0) is 34.7 Å². The van der Waals surface area contributed by atoms with Crippen molar-refractivity contribution in [1.29, 1.82) is 0 Å². The van der Waals surface area contributed by atoms with E-state index in [0.29, 0.717) is 6.42 Å². The maximum atomic E-state index is 13.0. The molecule has 1 atom stereocenters. The van der Waals surface area contributed by atoms with Crippen LogP contribution < -0.4 is 10.1 Å². The molecule has 1 fully saturated rings. The summed E-state index contributed by atoms with van der Waals surface area (Å²) in [5, 5.41) is 3.43. The van der Waals surface area contributed by atoms with Crippen LogP contribution in [0, 0.1) is 0 Å². The van der Waals surface area contributed by atoms with Crippen LogP contribution in [0.2, 0.25) is 0 Å². The Hall–Kier alpha value is -2.04. The Morgan fingerprint density at radius 3 is 2.74 bits per heavy atom. The molecule has 1 saturated heterocycles. The van der Waals surface area contributed by atoms with E-state index in [1.54, 1.807) is 0 Å². The summed E-state index contributed by atoms with van der Waals surface area (Å²) in [5.74, 6) is 1.17. The molecule has 144 valence electrons. The van der Waals surface area contributed by atoms with Gasteiger partial charge < -0.3 is 15.0 Å². The summed E-state index contributed by atoms with van der Waals surface area (Å²) < 4.78 is 5.56. The zero-order valence-corrected chi connectivity index (χ0v) is 16.6. The number of hydrogen-bond donors (Lipinski definition) is 1. The van der Waals surface area contributed by atoms with Gasteiger partial charge in [0.2, 0.25) is 5.91 Å². The van der Waals surface area contributed by atoms with Gasteiger partial charge in [0.05, 0.1) is 19.1 Å². The quantitative estimate of drug-likeness (QED) is 0.876. The van der Waals surface area contributed by atoms with Crippen molar-refractivity contribution in [2.75, 3.05) is 26.2 Å². The van der Waals surface area contributed by atoms with Gasteiger partial charge in [-0.1, -0.05) is 43.3 Å². The second kappa shape index (κ2) is 8.77. The number of fused-ring (bicyclic) bond motifs is 1. The third kappa shape index (κ3) is 4.28. The summed E-state index contributed by atoms with van der Waals surface area (Å²) >= 11 is 0. The number of aryl methyl sites for hydroxylation is 1. The van der Waals surface area contributed by atoms with Gasteiger partial charge in [-0.3, -0.25) is 4.79 Å². The number of benzene rings is 2. The average Bonchev–Trinajstić information content (AvgIpc) is 3.16. The summed E-state index contributed by atoms with van der Waals surface area (Å²) in [7, 11) is 0. The number of ether oxygens (including phenoxy) is 1. The fraction of sp³-hybridized carbons (Fsp3) is 0.409. The van der Waals surface area contributed by atoms with E-state index in [1.807, 2.05) is 17.0 Å². The Morgan fingerprint density at radius 2 is 1.96 bits per heavy atom. The third-order valence-corrected chi connectivity index (χ3v) is 5.45. The molecule has 0 bridgehead atoms. The van der Waals surface area contributed by atoms with E-state index >= 15 is 0 Å². The lowest BCUT2D eigenvalue weighted by Gasteiger charge is -2.37. The van der Waals surface area contributed by atoms with E-state index in [0.717, 1.165) is 50.4 Å². The second-order valence-electron chi connectivity index (χ2n) is 7.12. The summed E-state index contributed by atoms with van der Waals surface area (Å²) in [6.07, 6.45) is 2.43. The first-order chi connectivity index (χ1) is 12.7. The topological polar surface area (TPSA) is 41.6 Å². The van der Waals surface area contributed by atoms with Crippen LogP contribution in [-0.4, -0.2) is 37.0 Å². The minimum atomic E-state index is 0. The zero-order chi connectivity index (χ0) is 17.9. The van der Waals surface area contributed by atoms with Gasteiger partial charge in [0.1, 0.15) is 5.75 Å². The molecular formula is C22H27ClN2O2. The number of carbonyl (C=O) groups is 1. The van der Waals surface area contributed by atoms with Crippen molar-refractivity contribution in [1.82, 2.24) is 10.2 Å². The molecule has 2 aromatic carbocycles. The maximum absolute atomic E-state index is 13.0. The van der Waals surface area contributed by atoms with Crippen molar-refractivity contribution in [2.24, 2.45) is 0 Å². The summed E-state index contributed by atoms with van der Waals surface area (Å²) in [6, 6.07) is 15.0. The van der Waals surface area contributed by atoms with Crippen LogP contribution in [0.1, 0.15) is 35.2 Å². The van der Waals surface area contributed by atoms with Crippen LogP contribution in [0.5, 0.6) is 5.75 Å². The highest BCUT2D eigenvalue weighted by atomic mass is 35.5. The monoisotopic (exact) mass is 386 g/mol. The van der Waals surface area contributed by atoms with Gasteiger partial charge in [-0.25, -0.2) is 0 Å². The predicted octanol–water partition coefficient (Wildman–Crippen LogP) is 3.32. The molecule has 2 heterocycles. The molecule has 2 aliphatic rings. The number of hydrogen-bond acceptors (Lipinski definition) is 3. The Kier molecular flexibility index (Phi) is 6.40. The molecule has 5 heteroatoms. The van der Waals surface area contributed by atoms with Gasteiger partial charge >= 0.3 is 0 Å². The van der Waals surface area contributed by atoms with E-state index in [4.69, 9.17) is 4.74 Å². The highest BCUT2D eigenvalue weighted by Crippen LogP contribution is 2.27. The third-order valence-electron chi connectivity index (χ3n) is 5.45. The number of piperazine rings is 1. The SMILES string of the molecule is CCc1ccc(C2CNCCN2C(=O)Cc2ccc3c(c2)CCO3)cc1.Cl. The Morgan fingerprint density at radius 1 is 1.19 bits per heavy atom. The van der Waals surface area contributed by atoms with Crippen LogP contribution >= 0.6 is 12.4 Å². The lowest BCUT2D eigenvalue weighted by Crippen LogP contribution is -2.49. The number of halogens is 1. The van der Waals surface area contributed by atoms with E-state index in [9.17, 15) is 4.79 Å². The molecule has 1 amide bonds. The summed E-state index contributed by atoms with van der Waals surface area (Å²) in [6.45, 7) is 5.34. The van der Waals surface area contributed by atoms with Crippen LogP contribution in [0.4, 0.5) is 0 Å². The lowest BCUT2D eigenvalue weighted by molar-refractivity contribution is -0.133. The van der Waals surface area contributed by atoms with Crippen molar-refractivity contribution < 1.29 is 9.53 Å². The average molecular weight is 387 g/mol. The highest BCUT2D eigenvalue weighted by Gasteiger charge is 2.28. The van der Waals surface area contributed by atoms with Gasteiger partial charge in [0, 0.05) is 26.1 Å². The Bertz CT molecular complexity index is 791. The van der Waals surface area contributed by atoms with Crippen molar-refractivity contribution >= 4 is 18.3 Å². The standard InChI is InChI=1S/C22H26N2O2.ClH/c1-2-16-3-6-18(7-4-16)20-15-23-10-11-24(20)22(25)14-17-5-8-21-19(13-17)9-12-26-21;/h3-8,13,20,23H,2,9-12,14-15H2,1H3;1H. The molecule has 0 saturated carbocycles. The highest BCUT2D eigenvalue weighted by molar-refractivity contribution is 5.85. The molecule has 0 spiro atoms. The molecule has 4 rings (SSSR count). The van der Waals surface area contributed by atoms with E-state index in [1.165, 1.54) is 16.7 Å². The number of nitrogens with one attached hydrogen (secondary N) is 1. The zero-order valence-electron chi connectivity index (χ0n) is 15.7. The molecule has 2 aromatic rings. The second-order valence-corrected chi connectivity index (χ2v) is 7.12. The predicted molar refractivity (Wildman–Crippen MR) is 110 cm³/mol. The van der Waals surface area contributed by atoms with E-state index in [2.05, 4.69) is 42.6 Å². The van der Waals surface area contributed by atoms with Crippen molar-refractivity contribution in [3.05, 3.63) is 64.7 Å². The Balaban J connectivity index is 0.00000210. The normalized spacial score (nSPS) is 18.4. The summed E-state index contributed by atoms with van der Waals surface area (Å²) in [5.41, 5.74) is 4.85. The minimum Gasteiger partial charge on any atom is -0.493 e. The molecule has 27 heavy (non-hydrogen) atoms. The number of amides is 1. The Labute approximate surface area is 167 Å². The summed E-state index contributed by atoms with van der Waals surface area (Å²) in [4.78, 5) is 15.1. The molecule has 0 radical (unpaired) electrons. The first kappa shape index (κ1) is 19.7. The van der Waals surface area contributed by atoms with E-state index < -0.39 is 0 Å². The number of nitrogens with zero attached hydrogens (tertiary/aromatic N) is 1. The lowest BCUT2D eigenvalue weighted by atomic mass is 9.99. The fourth-order valence-corrected chi connectivity index (χ4v) is 3.90. The largest absolute Gasteiger partial charge is 0.493 e. The van der Waals surface area contributed by atoms with Crippen molar-refractivity contribution in [2.45, 2.75) is 32.2 Å². The van der Waals surface area contributed by atoms with Crippen LogP contribution in [-0.2, 0) is 24.1 Å².